The molecule has 23 heavy (non-hydrogen) atoms. The van der Waals surface area contributed by atoms with Crippen LogP contribution in [-0.4, -0.2) is 18.5 Å². The molecule has 1 aromatic carbocycles. The molecule has 124 valence electrons. The molecule has 0 amide bonds. The lowest BCUT2D eigenvalue weighted by Gasteiger charge is -2.16. The predicted octanol–water partition coefficient (Wildman–Crippen LogP) is 4.67. The highest BCUT2D eigenvalue weighted by Crippen LogP contribution is 2.42. The van der Waals surface area contributed by atoms with Gasteiger partial charge in [-0.2, -0.15) is 13.2 Å². The lowest BCUT2D eigenvalue weighted by Crippen LogP contribution is -2.17. The Morgan fingerprint density at radius 2 is 1.52 bits per heavy atom. The molecule has 1 aromatic heterocycles. The molecule has 0 aliphatic heterocycles. The number of halogens is 6. The third-order valence-electron chi connectivity index (χ3n) is 2.79. The van der Waals surface area contributed by atoms with Gasteiger partial charge in [0.25, 0.3) is 0 Å². The van der Waals surface area contributed by atoms with Gasteiger partial charge < -0.3 is 9.47 Å². The minimum Gasteiger partial charge on any atom is -0.481 e. The fourth-order valence-electron chi connectivity index (χ4n) is 1.95. The maximum Gasteiger partial charge on any atom is 0.573 e. The van der Waals surface area contributed by atoms with Crippen molar-refractivity contribution in [3.05, 3.63) is 42.1 Å². The SMILES string of the molecule is COc1nccc(-c2ccc(OC(F)(F)F)cc2)c1C(F)(F)F. The average Bonchev–Trinajstić information content (AvgIpc) is 2.44. The van der Waals surface area contributed by atoms with Crippen molar-refractivity contribution in [2.75, 3.05) is 7.11 Å². The number of ether oxygens (including phenoxy) is 2. The second-order valence-corrected chi connectivity index (χ2v) is 4.31. The Kier molecular flexibility index (Phi) is 4.39. The highest BCUT2D eigenvalue weighted by atomic mass is 19.4. The number of benzene rings is 1. The molecule has 1 heterocycles. The Morgan fingerprint density at radius 1 is 0.913 bits per heavy atom. The number of nitrogens with zero attached hydrogens (tertiary/aromatic N) is 1. The lowest BCUT2D eigenvalue weighted by molar-refractivity contribution is -0.274. The van der Waals surface area contributed by atoms with Crippen LogP contribution in [0.2, 0.25) is 0 Å². The minimum absolute atomic E-state index is 0.0487. The van der Waals surface area contributed by atoms with Crippen molar-refractivity contribution in [2.24, 2.45) is 0 Å². The largest absolute Gasteiger partial charge is 0.573 e. The fourth-order valence-corrected chi connectivity index (χ4v) is 1.95. The van der Waals surface area contributed by atoms with Crippen LogP contribution in [0.4, 0.5) is 26.3 Å². The zero-order valence-corrected chi connectivity index (χ0v) is 11.5. The van der Waals surface area contributed by atoms with E-state index in [2.05, 4.69) is 14.5 Å². The topological polar surface area (TPSA) is 31.4 Å². The van der Waals surface area contributed by atoms with Crippen molar-refractivity contribution < 1.29 is 35.8 Å². The number of hydrogen-bond donors (Lipinski definition) is 0. The number of pyridine rings is 1. The molecule has 0 fully saturated rings. The molecule has 0 radical (unpaired) electrons. The van der Waals surface area contributed by atoms with Gasteiger partial charge in [0, 0.05) is 11.8 Å². The first-order valence-electron chi connectivity index (χ1n) is 6.08. The molecule has 0 saturated heterocycles. The van der Waals surface area contributed by atoms with Crippen LogP contribution in [-0.2, 0) is 6.18 Å². The summed E-state index contributed by atoms with van der Waals surface area (Å²) in [5.74, 6) is -1.15. The van der Waals surface area contributed by atoms with Gasteiger partial charge in [0.1, 0.15) is 11.3 Å². The summed E-state index contributed by atoms with van der Waals surface area (Å²) in [4.78, 5) is 3.50. The van der Waals surface area contributed by atoms with E-state index >= 15 is 0 Å². The molecule has 0 spiro atoms. The molecule has 9 heteroatoms. The van der Waals surface area contributed by atoms with Gasteiger partial charge in [-0.05, 0) is 23.8 Å². The van der Waals surface area contributed by atoms with Gasteiger partial charge in [0.2, 0.25) is 5.88 Å². The van der Waals surface area contributed by atoms with E-state index < -0.39 is 29.7 Å². The first-order valence-corrected chi connectivity index (χ1v) is 6.08. The van der Waals surface area contributed by atoms with Crippen LogP contribution >= 0.6 is 0 Å². The Balaban J connectivity index is 2.47. The van der Waals surface area contributed by atoms with Crippen molar-refractivity contribution in [1.82, 2.24) is 4.98 Å². The molecular weight excluding hydrogens is 328 g/mol. The van der Waals surface area contributed by atoms with Crippen molar-refractivity contribution in [1.29, 1.82) is 0 Å². The smallest absolute Gasteiger partial charge is 0.481 e. The van der Waals surface area contributed by atoms with Crippen LogP contribution in [0.3, 0.4) is 0 Å². The summed E-state index contributed by atoms with van der Waals surface area (Å²) in [6.07, 6.45) is -8.50. The van der Waals surface area contributed by atoms with Crippen LogP contribution in [0.5, 0.6) is 11.6 Å². The van der Waals surface area contributed by atoms with Crippen molar-refractivity contribution in [3.63, 3.8) is 0 Å². The van der Waals surface area contributed by atoms with Gasteiger partial charge in [-0.3, -0.25) is 0 Å². The van der Waals surface area contributed by atoms with Crippen LogP contribution < -0.4 is 9.47 Å². The van der Waals surface area contributed by atoms with Gasteiger partial charge in [-0.1, -0.05) is 12.1 Å². The first-order chi connectivity index (χ1) is 10.6. The monoisotopic (exact) mass is 337 g/mol. The zero-order chi connectivity index (χ0) is 17.3. The van der Waals surface area contributed by atoms with Gasteiger partial charge in [0.15, 0.2) is 0 Å². The molecule has 0 unspecified atom stereocenters. The maximum atomic E-state index is 13.2. The molecule has 0 atom stereocenters. The molecule has 0 N–H and O–H groups in total. The normalized spacial score (nSPS) is 12.1. The second-order valence-electron chi connectivity index (χ2n) is 4.31. The predicted molar refractivity (Wildman–Crippen MR) is 67.9 cm³/mol. The summed E-state index contributed by atoms with van der Waals surface area (Å²) in [6.45, 7) is 0. The van der Waals surface area contributed by atoms with E-state index in [9.17, 15) is 26.3 Å². The highest BCUT2D eigenvalue weighted by Gasteiger charge is 2.38. The van der Waals surface area contributed by atoms with Crippen LogP contribution in [0, 0.1) is 0 Å². The molecular formula is C14H9F6NO2. The highest BCUT2D eigenvalue weighted by molar-refractivity contribution is 5.70. The van der Waals surface area contributed by atoms with Crippen LogP contribution in [0.25, 0.3) is 11.1 Å². The van der Waals surface area contributed by atoms with Crippen molar-refractivity contribution >= 4 is 0 Å². The molecule has 0 aliphatic carbocycles. The summed E-state index contributed by atoms with van der Waals surface area (Å²) in [7, 11) is 1.04. The summed E-state index contributed by atoms with van der Waals surface area (Å²) in [5.41, 5.74) is -1.32. The standard InChI is InChI=1S/C14H9F6NO2/c1-22-12-11(13(15,16)17)10(6-7-21-12)8-2-4-9(5-3-8)23-14(18,19)20/h2-7H,1H3. The Bertz CT molecular complexity index is 679. The van der Waals surface area contributed by atoms with Gasteiger partial charge in [-0.25, -0.2) is 4.98 Å². The lowest BCUT2D eigenvalue weighted by atomic mass is 10.0. The van der Waals surface area contributed by atoms with Gasteiger partial charge >= 0.3 is 12.5 Å². The maximum absolute atomic E-state index is 13.2. The number of aromatic nitrogens is 1. The van der Waals surface area contributed by atoms with Crippen molar-refractivity contribution in [2.45, 2.75) is 12.5 Å². The van der Waals surface area contributed by atoms with E-state index in [4.69, 9.17) is 0 Å². The van der Waals surface area contributed by atoms with E-state index in [0.29, 0.717) is 0 Å². The summed E-state index contributed by atoms with van der Waals surface area (Å²) in [5, 5.41) is 0. The number of methoxy groups -OCH3 is 1. The summed E-state index contributed by atoms with van der Waals surface area (Å²) in [6, 6.07) is 5.13. The number of alkyl halides is 6. The molecule has 2 aromatic rings. The molecule has 2 rings (SSSR count). The molecule has 3 nitrogen and oxygen atoms in total. The summed E-state index contributed by atoms with van der Waals surface area (Å²) < 4.78 is 84.1. The van der Waals surface area contributed by atoms with E-state index in [1.165, 1.54) is 0 Å². The Morgan fingerprint density at radius 3 is 2.00 bits per heavy atom. The first kappa shape index (κ1) is 16.9. The van der Waals surface area contributed by atoms with E-state index in [0.717, 1.165) is 43.6 Å². The van der Waals surface area contributed by atoms with E-state index in [1.54, 1.807) is 0 Å². The fraction of sp³-hybridized carbons (Fsp3) is 0.214. The Labute approximate surface area is 126 Å². The minimum atomic E-state index is -4.88. The van der Waals surface area contributed by atoms with Gasteiger partial charge in [0.05, 0.1) is 7.11 Å². The quantitative estimate of drug-likeness (QED) is 0.763. The van der Waals surface area contributed by atoms with Crippen molar-refractivity contribution in [3.8, 4) is 22.8 Å². The molecule has 0 saturated carbocycles. The third kappa shape index (κ3) is 4.05. The number of rotatable bonds is 3. The second kappa shape index (κ2) is 5.98. The molecule has 0 aliphatic rings. The van der Waals surface area contributed by atoms with E-state index in [1.807, 2.05) is 0 Å². The number of hydrogen-bond acceptors (Lipinski definition) is 3. The van der Waals surface area contributed by atoms with Crippen LogP contribution in [0.15, 0.2) is 36.5 Å². The van der Waals surface area contributed by atoms with E-state index in [-0.39, 0.29) is 11.1 Å². The third-order valence-corrected chi connectivity index (χ3v) is 2.79. The molecule has 0 bridgehead atoms. The zero-order valence-electron chi connectivity index (χ0n) is 11.5. The van der Waals surface area contributed by atoms with Crippen LogP contribution in [0.1, 0.15) is 5.56 Å². The Hall–Kier alpha value is -2.45. The average molecular weight is 337 g/mol. The van der Waals surface area contributed by atoms with Gasteiger partial charge in [-0.15, -0.1) is 13.2 Å². The summed E-state index contributed by atoms with van der Waals surface area (Å²) >= 11 is 0.